The lowest BCUT2D eigenvalue weighted by atomic mass is 10.0. The molecule has 0 N–H and O–H groups in total. The average Bonchev–Trinajstić information content (AvgIpc) is 2.94. The molecule has 0 saturated heterocycles. The molecule has 0 aliphatic rings. The molecule has 0 atom stereocenters. The van der Waals surface area contributed by atoms with Crippen molar-refractivity contribution < 1.29 is 0 Å². The highest BCUT2D eigenvalue weighted by Gasteiger charge is 2.22. The molecular weight excluding hydrogens is 446 g/mol. The average molecular weight is 466 g/mol. The lowest BCUT2D eigenvalue weighted by molar-refractivity contribution is 1.26. The van der Waals surface area contributed by atoms with Crippen LogP contribution in [-0.2, 0) is 0 Å². The fraction of sp³-hybridized carbons (Fsp3) is 0. The van der Waals surface area contributed by atoms with E-state index in [1.165, 1.54) is 0 Å². The van der Waals surface area contributed by atoms with Gasteiger partial charge >= 0.3 is 0 Å². The molecular formula is C31H19N3O2. The summed E-state index contributed by atoms with van der Waals surface area (Å²) in [6.07, 6.45) is 3.14. The van der Waals surface area contributed by atoms with E-state index < -0.39 is 0 Å². The van der Waals surface area contributed by atoms with Gasteiger partial charge in [0.15, 0.2) is 5.43 Å². The Hall–Kier alpha value is -5.03. The van der Waals surface area contributed by atoms with Gasteiger partial charge in [-0.05, 0) is 48.5 Å². The van der Waals surface area contributed by atoms with Crippen LogP contribution in [0.2, 0.25) is 0 Å². The fourth-order valence-electron chi connectivity index (χ4n) is 5.25. The minimum atomic E-state index is -0.148. The molecule has 0 saturated carbocycles. The summed E-state index contributed by atoms with van der Waals surface area (Å²) in [6, 6.07) is 33.4. The van der Waals surface area contributed by atoms with E-state index in [0.717, 1.165) is 28.1 Å². The summed E-state index contributed by atoms with van der Waals surface area (Å²) in [5.74, 6) is 0. The topological polar surface area (TPSA) is 54.7 Å². The Kier molecular flexibility index (Phi) is 4.38. The van der Waals surface area contributed by atoms with Gasteiger partial charge in [-0.1, -0.05) is 54.6 Å². The molecule has 0 spiro atoms. The highest BCUT2D eigenvalue weighted by Crippen LogP contribution is 2.38. The lowest BCUT2D eigenvalue weighted by Crippen LogP contribution is -2.18. The third-order valence-corrected chi connectivity index (χ3v) is 6.78. The zero-order valence-corrected chi connectivity index (χ0v) is 19.1. The van der Waals surface area contributed by atoms with Gasteiger partial charge in [0, 0.05) is 29.2 Å². The van der Waals surface area contributed by atoms with Gasteiger partial charge in [0.1, 0.15) is 0 Å². The Morgan fingerprint density at radius 3 is 1.83 bits per heavy atom. The van der Waals surface area contributed by atoms with Gasteiger partial charge in [-0.3, -0.25) is 14.6 Å². The van der Waals surface area contributed by atoms with Crippen LogP contribution in [0.4, 0.5) is 17.1 Å². The first-order chi connectivity index (χ1) is 17.7. The number of pyridine rings is 3. The van der Waals surface area contributed by atoms with Crippen LogP contribution in [0.3, 0.4) is 0 Å². The summed E-state index contributed by atoms with van der Waals surface area (Å²) in [5, 5.41) is 2.04. The van der Waals surface area contributed by atoms with Crippen molar-refractivity contribution in [1.82, 2.24) is 9.38 Å². The molecule has 0 aliphatic carbocycles. The van der Waals surface area contributed by atoms with E-state index in [1.54, 1.807) is 12.4 Å². The van der Waals surface area contributed by atoms with Crippen molar-refractivity contribution in [2.75, 3.05) is 4.90 Å². The van der Waals surface area contributed by atoms with Gasteiger partial charge in [0.2, 0.25) is 5.43 Å². The maximum Gasteiger partial charge on any atom is 0.200 e. The highest BCUT2D eigenvalue weighted by molar-refractivity contribution is 6.10. The normalized spacial score (nSPS) is 11.6. The monoisotopic (exact) mass is 465 g/mol. The van der Waals surface area contributed by atoms with E-state index in [4.69, 9.17) is 0 Å². The molecule has 7 aromatic rings. The number of hydrogen-bond donors (Lipinski definition) is 0. The van der Waals surface area contributed by atoms with Gasteiger partial charge in [0.05, 0.1) is 38.4 Å². The van der Waals surface area contributed by atoms with Gasteiger partial charge in [-0.15, -0.1) is 0 Å². The summed E-state index contributed by atoms with van der Waals surface area (Å²) < 4.78 is 2.04. The molecule has 0 unspecified atom stereocenters. The highest BCUT2D eigenvalue weighted by atomic mass is 16.1. The van der Waals surface area contributed by atoms with Crippen molar-refractivity contribution in [2.24, 2.45) is 0 Å². The first-order valence-corrected chi connectivity index (χ1v) is 11.7. The van der Waals surface area contributed by atoms with Crippen LogP contribution in [0.1, 0.15) is 0 Å². The smallest absolute Gasteiger partial charge is 0.200 e. The molecule has 3 heterocycles. The Morgan fingerprint density at radius 2 is 1.14 bits per heavy atom. The summed E-state index contributed by atoms with van der Waals surface area (Å²) >= 11 is 0. The number of benzene rings is 4. The third kappa shape index (κ3) is 2.80. The van der Waals surface area contributed by atoms with Gasteiger partial charge in [-0.25, -0.2) is 0 Å². The standard InChI is InChI=1S/C31H19N3O2/c35-30-22-14-7-8-15-25(22)34-27-17-9-16-26(28(27)31(36)24-19-32-18-23(30)29(24)34)33(20-10-3-1-4-11-20)21-12-5-2-6-13-21/h1-19H. The number of hydrogen-bond acceptors (Lipinski definition) is 4. The van der Waals surface area contributed by atoms with Crippen LogP contribution in [-0.4, -0.2) is 9.38 Å². The third-order valence-electron chi connectivity index (χ3n) is 6.78. The van der Waals surface area contributed by atoms with Gasteiger partial charge in [-0.2, -0.15) is 0 Å². The molecule has 3 aromatic heterocycles. The second-order valence-corrected chi connectivity index (χ2v) is 8.77. The molecule has 4 aromatic carbocycles. The molecule has 0 radical (unpaired) electrons. The van der Waals surface area contributed by atoms with Crippen LogP contribution in [0.5, 0.6) is 0 Å². The number of anilines is 3. The predicted molar refractivity (Wildman–Crippen MR) is 146 cm³/mol. The minimum Gasteiger partial charge on any atom is -0.310 e. The summed E-state index contributed by atoms with van der Waals surface area (Å²) in [7, 11) is 0. The Balaban J connectivity index is 1.72. The number of rotatable bonds is 3. The molecule has 7 rings (SSSR count). The van der Waals surface area contributed by atoms with E-state index in [2.05, 4.69) is 9.88 Å². The van der Waals surface area contributed by atoms with Crippen molar-refractivity contribution in [3.05, 3.63) is 136 Å². The van der Waals surface area contributed by atoms with Crippen molar-refractivity contribution in [3.63, 3.8) is 0 Å². The first-order valence-electron chi connectivity index (χ1n) is 11.7. The molecule has 5 nitrogen and oxygen atoms in total. The Morgan fingerprint density at radius 1 is 0.556 bits per heavy atom. The second kappa shape index (κ2) is 7.75. The molecule has 36 heavy (non-hydrogen) atoms. The van der Waals surface area contributed by atoms with Crippen LogP contribution in [0.15, 0.2) is 125 Å². The van der Waals surface area contributed by atoms with Crippen LogP contribution in [0.25, 0.3) is 38.1 Å². The van der Waals surface area contributed by atoms with Crippen LogP contribution < -0.4 is 15.8 Å². The first kappa shape index (κ1) is 20.4. The quantitative estimate of drug-likeness (QED) is 0.223. The minimum absolute atomic E-state index is 0.117. The predicted octanol–water partition coefficient (Wildman–Crippen LogP) is 6.42. The molecule has 5 heteroatoms. The lowest BCUT2D eigenvalue weighted by Gasteiger charge is -2.27. The van der Waals surface area contributed by atoms with Crippen molar-refractivity contribution in [1.29, 1.82) is 0 Å². The Bertz CT molecular complexity index is 1990. The summed E-state index contributed by atoms with van der Waals surface area (Å²) in [4.78, 5) is 33.9. The SMILES string of the molecule is O=c1c2ccccc2n2c3cccc(N(c4ccccc4)c4ccccc4)c3c(=O)c3cncc1c32. The van der Waals surface area contributed by atoms with E-state index >= 15 is 0 Å². The van der Waals surface area contributed by atoms with Gasteiger partial charge < -0.3 is 9.30 Å². The zero-order chi connectivity index (χ0) is 24.2. The molecule has 0 bridgehead atoms. The van der Waals surface area contributed by atoms with Crippen molar-refractivity contribution in [2.45, 2.75) is 0 Å². The number of nitrogens with zero attached hydrogens (tertiary/aromatic N) is 3. The second-order valence-electron chi connectivity index (χ2n) is 8.77. The van der Waals surface area contributed by atoms with Gasteiger partial charge in [0.25, 0.3) is 0 Å². The van der Waals surface area contributed by atoms with E-state index in [-0.39, 0.29) is 10.9 Å². The van der Waals surface area contributed by atoms with Crippen molar-refractivity contribution in [3.8, 4) is 0 Å². The number of para-hydroxylation sites is 3. The van der Waals surface area contributed by atoms with E-state index in [0.29, 0.717) is 27.1 Å². The number of aromatic nitrogens is 2. The summed E-state index contributed by atoms with van der Waals surface area (Å²) in [6.45, 7) is 0. The largest absolute Gasteiger partial charge is 0.310 e. The maximum atomic E-state index is 14.1. The van der Waals surface area contributed by atoms with E-state index in [1.807, 2.05) is 108 Å². The Labute approximate surface area is 205 Å². The molecule has 170 valence electrons. The van der Waals surface area contributed by atoms with E-state index in [9.17, 15) is 9.59 Å². The zero-order valence-electron chi connectivity index (χ0n) is 19.1. The molecule has 0 amide bonds. The maximum absolute atomic E-state index is 14.1. The fourth-order valence-corrected chi connectivity index (χ4v) is 5.25. The molecule has 0 aliphatic heterocycles. The summed E-state index contributed by atoms with van der Waals surface area (Å²) in [5.41, 5.74) is 4.50. The van der Waals surface area contributed by atoms with Crippen LogP contribution >= 0.6 is 0 Å². The van der Waals surface area contributed by atoms with Crippen molar-refractivity contribution >= 4 is 55.2 Å². The number of fused-ring (bicyclic) bond motifs is 4. The van der Waals surface area contributed by atoms with Crippen LogP contribution in [0, 0.1) is 0 Å². The molecule has 0 fully saturated rings.